The quantitative estimate of drug-likeness (QED) is 0.803. The minimum absolute atomic E-state index is 0.167. The fourth-order valence-electron chi connectivity index (χ4n) is 2.49. The molecule has 0 saturated carbocycles. The molecule has 21 heavy (non-hydrogen) atoms. The Morgan fingerprint density at radius 3 is 2.81 bits per heavy atom. The maximum atomic E-state index is 12.5. The van der Waals surface area contributed by atoms with Crippen LogP contribution in [0, 0.1) is 6.92 Å². The van der Waals surface area contributed by atoms with Crippen LogP contribution in [0.25, 0.3) is 0 Å². The number of methoxy groups -OCH3 is 1. The van der Waals surface area contributed by atoms with E-state index < -0.39 is 15.6 Å². The van der Waals surface area contributed by atoms with E-state index in [1.54, 1.807) is 20.1 Å². The van der Waals surface area contributed by atoms with Gasteiger partial charge in [-0.15, -0.1) is 0 Å². The summed E-state index contributed by atoms with van der Waals surface area (Å²) in [5.74, 6) is 0.430. The van der Waals surface area contributed by atoms with Gasteiger partial charge in [0.2, 0.25) is 10.0 Å². The molecule has 1 fully saturated rings. The maximum absolute atomic E-state index is 12.5. The van der Waals surface area contributed by atoms with Crippen LogP contribution in [-0.2, 0) is 25.2 Å². The Balaban J connectivity index is 2.14. The molecule has 8 heteroatoms. The van der Waals surface area contributed by atoms with E-state index in [0.29, 0.717) is 24.6 Å². The summed E-state index contributed by atoms with van der Waals surface area (Å²) < 4.78 is 42.4. The van der Waals surface area contributed by atoms with E-state index in [1.165, 1.54) is 4.31 Å². The Bertz CT molecular complexity index is 581. The van der Waals surface area contributed by atoms with E-state index in [2.05, 4.69) is 5.16 Å². The predicted molar refractivity (Wildman–Crippen MR) is 76.3 cm³/mol. The summed E-state index contributed by atoms with van der Waals surface area (Å²) in [6.07, 6.45) is -0.271. The third kappa shape index (κ3) is 4.26. The van der Waals surface area contributed by atoms with Crippen LogP contribution in [0.1, 0.15) is 25.3 Å². The van der Waals surface area contributed by atoms with Crippen molar-refractivity contribution in [2.75, 3.05) is 26.8 Å². The molecule has 1 atom stereocenters. The van der Waals surface area contributed by atoms with Crippen LogP contribution in [0.15, 0.2) is 10.6 Å². The van der Waals surface area contributed by atoms with Crippen molar-refractivity contribution in [1.82, 2.24) is 9.46 Å². The van der Waals surface area contributed by atoms with Gasteiger partial charge in [-0.2, -0.15) is 4.31 Å². The fraction of sp³-hybridized carbons (Fsp3) is 0.769. The molecule has 0 aliphatic carbocycles. The third-order valence-corrected chi connectivity index (χ3v) is 4.93. The summed E-state index contributed by atoms with van der Waals surface area (Å²) in [4.78, 5) is 0. The summed E-state index contributed by atoms with van der Waals surface area (Å²) in [5.41, 5.74) is -0.131. The molecule has 0 spiro atoms. The Morgan fingerprint density at radius 1 is 1.52 bits per heavy atom. The molecular weight excluding hydrogens is 296 g/mol. The number of morpholine rings is 1. The topological polar surface area (TPSA) is 81.9 Å². The number of hydrogen-bond donors (Lipinski definition) is 0. The SMILES string of the molecule is COC[C@@H]1CN(S(=O)(=O)Cc2cc(C)on2)CC(C)(C)O1. The highest BCUT2D eigenvalue weighted by Gasteiger charge is 2.39. The lowest BCUT2D eigenvalue weighted by molar-refractivity contribution is -0.135. The number of hydrogen-bond acceptors (Lipinski definition) is 6. The van der Waals surface area contributed by atoms with Gasteiger partial charge in [-0.3, -0.25) is 0 Å². The zero-order chi connectivity index (χ0) is 15.7. The van der Waals surface area contributed by atoms with E-state index in [0.717, 1.165) is 0 Å². The maximum Gasteiger partial charge on any atom is 0.220 e. The summed E-state index contributed by atoms with van der Waals surface area (Å²) in [7, 11) is -1.90. The molecule has 1 aliphatic rings. The number of rotatable bonds is 5. The van der Waals surface area contributed by atoms with Gasteiger partial charge in [0.05, 0.1) is 18.3 Å². The summed E-state index contributed by atoms with van der Waals surface area (Å²) >= 11 is 0. The average Bonchev–Trinajstić information content (AvgIpc) is 2.72. The lowest BCUT2D eigenvalue weighted by Crippen LogP contribution is -2.55. The minimum Gasteiger partial charge on any atom is -0.382 e. The highest BCUT2D eigenvalue weighted by molar-refractivity contribution is 7.88. The second kappa shape index (κ2) is 6.04. The van der Waals surface area contributed by atoms with E-state index in [-0.39, 0.29) is 18.4 Å². The number of sulfonamides is 1. The molecular formula is C13H22N2O5S. The summed E-state index contributed by atoms with van der Waals surface area (Å²) in [6, 6.07) is 1.63. The van der Waals surface area contributed by atoms with Crippen molar-refractivity contribution in [2.24, 2.45) is 0 Å². The van der Waals surface area contributed by atoms with Gasteiger partial charge < -0.3 is 14.0 Å². The lowest BCUT2D eigenvalue weighted by atomic mass is 10.1. The average molecular weight is 318 g/mol. The molecule has 0 N–H and O–H groups in total. The highest BCUT2D eigenvalue weighted by Crippen LogP contribution is 2.24. The zero-order valence-electron chi connectivity index (χ0n) is 12.8. The first kappa shape index (κ1) is 16.4. The molecule has 1 aliphatic heterocycles. The van der Waals surface area contributed by atoms with Crippen molar-refractivity contribution in [2.45, 2.75) is 38.2 Å². The second-order valence-corrected chi connectivity index (χ2v) is 7.90. The second-order valence-electron chi connectivity index (χ2n) is 5.93. The van der Waals surface area contributed by atoms with Crippen molar-refractivity contribution < 1.29 is 22.4 Å². The van der Waals surface area contributed by atoms with Crippen molar-refractivity contribution in [1.29, 1.82) is 0 Å². The van der Waals surface area contributed by atoms with Crippen LogP contribution in [0.3, 0.4) is 0 Å². The molecule has 0 bridgehead atoms. The van der Waals surface area contributed by atoms with E-state index in [9.17, 15) is 8.42 Å². The Morgan fingerprint density at radius 2 is 2.24 bits per heavy atom. The number of nitrogens with zero attached hydrogens (tertiary/aromatic N) is 2. The van der Waals surface area contributed by atoms with Gasteiger partial charge in [0.15, 0.2) is 0 Å². The fourth-order valence-corrected chi connectivity index (χ4v) is 4.08. The van der Waals surface area contributed by atoms with Crippen molar-refractivity contribution in [3.8, 4) is 0 Å². The van der Waals surface area contributed by atoms with Gasteiger partial charge in [0, 0.05) is 26.3 Å². The largest absolute Gasteiger partial charge is 0.382 e. The van der Waals surface area contributed by atoms with Crippen LogP contribution >= 0.6 is 0 Å². The summed E-state index contributed by atoms with van der Waals surface area (Å²) in [5, 5.41) is 3.75. The van der Waals surface area contributed by atoms with E-state index in [1.807, 2.05) is 13.8 Å². The minimum atomic E-state index is -3.47. The standard InChI is InChI=1S/C13H22N2O5S/c1-10-5-11(14-20-10)8-21(16,17)15-6-12(7-18-4)19-13(2,3)9-15/h5,12H,6-9H2,1-4H3/t12-/m0/s1. The van der Waals surface area contributed by atoms with Crippen molar-refractivity contribution in [3.05, 3.63) is 17.5 Å². The summed E-state index contributed by atoms with van der Waals surface area (Å²) in [6.45, 7) is 6.44. The van der Waals surface area contributed by atoms with Gasteiger partial charge in [0.25, 0.3) is 0 Å². The van der Waals surface area contributed by atoms with Gasteiger partial charge in [-0.1, -0.05) is 5.16 Å². The molecule has 120 valence electrons. The third-order valence-electron chi connectivity index (χ3n) is 3.20. The van der Waals surface area contributed by atoms with Gasteiger partial charge in [0.1, 0.15) is 17.2 Å². The van der Waals surface area contributed by atoms with Gasteiger partial charge in [-0.25, -0.2) is 8.42 Å². The van der Waals surface area contributed by atoms with Gasteiger partial charge in [-0.05, 0) is 20.8 Å². The van der Waals surface area contributed by atoms with Crippen LogP contribution in [0.5, 0.6) is 0 Å². The van der Waals surface area contributed by atoms with Crippen LogP contribution < -0.4 is 0 Å². The molecule has 1 aromatic rings. The molecule has 7 nitrogen and oxygen atoms in total. The smallest absolute Gasteiger partial charge is 0.220 e. The number of aromatic nitrogens is 1. The molecule has 1 saturated heterocycles. The first-order valence-electron chi connectivity index (χ1n) is 6.79. The molecule has 1 aromatic heterocycles. The van der Waals surface area contributed by atoms with Crippen molar-refractivity contribution in [3.63, 3.8) is 0 Å². The molecule has 0 amide bonds. The zero-order valence-corrected chi connectivity index (χ0v) is 13.6. The lowest BCUT2D eigenvalue weighted by Gasteiger charge is -2.41. The van der Waals surface area contributed by atoms with Gasteiger partial charge >= 0.3 is 0 Å². The number of aryl methyl sites for hydroxylation is 1. The van der Waals surface area contributed by atoms with E-state index in [4.69, 9.17) is 14.0 Å². The van der Waals surface area contributed by atoms with E-state index >= 15 is 0 Å². The Labute approximate surface area is 125 Å². The highest BCUT2D eigenvalue weighted by atomic mass is 32.2. The number of ether oxygens (including phenoxy) is 2. The molecule has 0 aromatic carbocycles. The normalized spacial score (nSPS) is 23.3. The monoisotopic (exact) mass is 318 g/mol. The predicted octanol–water partition coefficient (Wildman–Crippen LogP) is 0.939. The van der Waals surface area contributed by atoms with Crippen LogP contribution in [0.4, 0.5) is 0 Å². The molecule has 0 unspecified atom stereocenters. The first-order chi connectivity index (χ1) is 9.72. The Hall–Kier alpha value is -0.960. The molecule has 2 heterocycles. The molecule has 0 radical (unpaired) electrons. The van der Waals surface area contributed by atoms with Crippen molar-refractivity contribution >= 4 is 10.0 Å². The molecule has 2 rings (SSSR count). The first-order valence-corrected chi connectivity index (χ1v) is 8.39. The van der Waals surface area contributed by atoms with Crippen LogP contribution in [0.2, 0.25) is 0 Å². The Kier molecular flexibility index (Phi) is 4.72. The van der Waals surface area contributed by atoms with Crippen LogP contribution in [-0.4, -0.2) is 56.4 Å².